The number of halogens is 5. The highest BCUT2D eigenvalue weighted by Gasteiger charge is 2.26. The summed E-state index contributed by atoms with van der Waals surface area (Å²) in [6, 6.07) is 9.84. The molecule has 0 bridgehead atoms. The molecule has 0 aliphatic heterocycles. The van der Waals surface area contributed by atoms with E-state index in [9.17, 15) is 18.0 Å². The van der Waals surface area contributed by atoms with Crippen molar-refractivity contribution in [1.82, 2.24) is 4.98 Å². The zero-order chi connectivity index (χ0) is 25.7. The molecule has 2 aromatic carbocycles. The fourth-order valence-corrected chi connectivity index (χ4v) is 4.53. The molecule has 1 fully saturated rings. The highest BCUT2D eigenvalue weighted by molar-refractivity contribution is 8.13. The first kappa shape index (κ1) is 26.4. The summed E-state index contributed by atoms with van der Waals surface area (Å²) >= 11 is 13.3. The minimum absolute atomic E-state index is 0.0623. The predicted molar refractivity (Wildman–Crippen MR) is 131 cm³/mol. The number of hydrogen-bond acceptors (Lipinski definition) is 6. The summed E-state index contributed by atoms with van der Waals surface area (Å²) in [5.41, 5.74) is 0.926. The third-order valence-corrected chi connectivity index (χ3v) is 6.71. The van der Waals surface area contributed by atoms with Crippen molar-refractivity contribution < 1.29 is 32.2 Å². The number of thioether (sulfide) groups is 1. The molecule has 0 N–H and O–H groups in total. The molecule has 36 heavy (non-hydrogen) atoms. The Morgan fingerprint density at radius 2 is 1.83 bits per heavy atom. The lowest BCUT2D eigenvalue weighted by molar-refractivity contribution is -0.0515. The van der Waals surface area contributed by atoms with Gasteiger partial charge < -0.3 is 14.2 Å². The van der Waals surface area contributed by atoms with Gasteiger partial charge in [-0.25, -0.2) is 9.18 Å². The van der Waals surface area contributed by atoms with Crippen LogP contribution in [0.3, 0.4) is 0 Å². The molecule has 1 aromatic heterocycles. The third-order valence-electron chi connectivity index (χ3n) is 5.30. The van der Waals surface area contributed by atoms with Gasteiger partial charge in [-0.1, -0.05) is 35.3 Å². The molecule has 0 unspecified atom stereocenters. The largest absolute Gasteiger partial charge is 0.489 e. The summed E-state index contributed by atoms with van der Waals surface area (Å²) in [6.45, 7) is -2.69. The number of hydrogen-bond donors (Lipinski definition) is 0. The van der Waals surface area contributed by atoms with Crippen molar-refractivity contribution in [2.24, 2.45) is 5.92 Å². The van der Waals surface area contributed by atoms with Crippen LogP contribution >= 0.6 is 35.0 Å². The first-order valence-corrected chi connectivity index (χ1v) is 12.5. The van der Waals surface area contributed by atoms with E-state index < -0.39 is 23.8 Å². The highest BCUT2D eigenvalue weighted by atomic mass is 35.5. The Morgan fingerprint density at radius 1 is 1.08 bits per heavy atom. The molecular weight excluding hydrogens is 538 g/mol. The minimum Gasteiger partial charge on any atom is -0.489 e. The Hall–Kier alpha value is -2.62. The van der Waals surface area contributed by atoms with Gasteiger partial charge in [-0.05, 0) is 72.0 Å². The minimum atomic E-state index is -3.04. The molecule has 0 radical (unpaired) electrons. The van der Waals surface area contributed by atoms with Crippen molar-refractivity contribution in [3.63, 3.8) is 0 Å². The van der Waals surface area contributed by atoms with Gasteiger partial charge >= 0.3 is 11.9 Å². The number of nitrogens with zero attached hydrogens (tertiary/aromatic N) is 1. The van der Waals surface area contributed by atoms with Gasteiger partial charge in [0.1, 0.15) is 11.9 Å². The number of pyridine rings is 1. The number of ether oxygens (including phenoxy) is 3. The first-order chi connectivity index (χ1) is 17.3. The number of alkyl halides is 2. The lowest BCUT2D eigenvalue weighted by Crippen LogP contribution is -2.13. The van der Waals surface area contributed by atoms with Gasteiger partial charge in [0, 0.05) is 23.7 Å². The van der Waals surface area contributed by atoms with Crippen molar-refractivity contribution >= 4 is 40.3 Å². The van der Waals surface area contributed by atoms with Crippen molar-refractivity contribution in [2.45, 2.75) is 36.9 Å². The van der Waals surface area contributed by atoms with Crippen LogP contribution in [0.4, 0.5) is 18.0 Å². The van der Waals surface area contributed by atoms with E-state index >= 15 is 0 Å². The average Bonchev–Trinajstić information content (AvgIpc) is 3.64. The van der Waals surface area contributed by atoms with Gasteiger partial charge in [-0.3, -0.25) is 4.98 Å². The molecule has 0 amide bonds. The van der Waals surface area contributed by atoms with E-state index in [4.69, 9.17) is 32.7 Å². The molecule has 0 spiro atoms. The molecule has 3 aromatic rings. The van der Waals surface area contributed by atoms with Gasteiger partial charge in [-0.2, -0.15) is 8.78 Å². The van der Waals surface area contributed by atoms with Gasteiger partial charge in [0.05, 0.1) is 16.7 Å². The van der Waals surface area contributed by atoms with E-state index in [0.717, 1.165) is 12.8 Å². The maximum Gasteiger partial charge on any atom is 0.387 e. The highest BCUT2D eigenvalue weighted by Crippen LogP contribution is 2.38. The molecule has 1 aliphatic rings. The summed E-state index contributed by atoms with van der Waals surface area (Å²) in [7, 11) is 0. The standard InChI is InChI=1S/C25H20Cl2F3NO4S/c26-19-11-31-12-20(27)18(19)10-22(35-25(32)36-17-3-1-2-16(28)9-17)15-6-7-21(34-24(29)30)23(8-15)33-13-14-4-5-14/h1-3,6-9,11-12,14,22,24H,4-5,10,13H2/t22-/m0/s1. The Bertz CT molecular complexity index is 1210. The molecule has 1 saturated carbocycles. The van der Waals surface area contributed by atoms with Crippen LogP contribution in [0.2, 0.25) is 10.0 Å². The van der Waals surface area contributed by atoms with E-state index in [2.05, 4.69) is 9.72 Å². The molecule has 5 nitrogen and oxygen atoms in total. The second-order valence-corrected chi connectivity index (χ2v) is 9.86. The fraction of sp³-hybridized carbons (Fsp3) is 0.280. The lowest BCUT2D eigenvalue weighted by atomic mass is 10.0. The number of carbonyl (C=O) groups is 1. The number of aromatic nitrogens is 1. The SMILES string of the molecule is O=C(O[C@@H](Cc1c(Cl)cncc1Cl)c1ccc(OC(F)F)c(OCC2CC2)c1)Sc1cccc(F)c1. The van der Waals surface area contributed by atoms with E-state index in [0.29, 0.717) is 40.3 Å². The quantitative estimate of drug-likeness (QED) is 0.185. The summed E-state index contributed by atoms with van der Waals surface area (Å²) < 4.78 is 55.5. The molecule has 1 atom stereocenters. The molecule has 1 heterocycles. The second kappa shape index (κ2) is 12.1. The zero-order valence-corrected chi connectivity index (χ0v) is 21.0. The number of carbonyl (C=O) groups excluding carboxylic acids is 1. The summed E-state index contributed by atoms with van der Waals surface area (Å²) in [5, 5.41) is -0.173. The van der Waals surface area contributed by atoms with E-state index in [1.54, 1.807) is 6.07 Å². The van der Waals surface area contributed by atoms with Gasteiger partial charge in [0.15, 0.2) is 11.5 Å². The lowest BCUT2D eigenvalue weighted by Gasteiger charge is -2.21. The topological polar surface area (TPSA) is 57.7 Å². The maximum absolute atomic E-state index is 13.5. The Balaban J connectivity index is 1.63. The van der Waals surface area contributed by atoms with E-state index in [1.165, 1.54) is 48.8 Å². The Labute approximate surface area is 219 Å². The molecular formula is C25H20Cl2F3NO4S. The summed E-state index contributed by atoms with van der Waals surface area (Å²) in [5.74, 6) is -0.162. The van der Waals surface area contributed by atoms with Crippen molar-refractivity contribution in [1.29, 1.82) is 0 Å². The van der Waals surface area contributed by atoms with Crippen LogP contribution in [-0.2, 0) is 11.2 Å². The molecule has 1 aliphatic carbocycles. The van der Waals surface area contributed by atoms with Crippen molar-refractivity contribution in [2.75, 3.05) is 6.61 Å². The Morgan fingerprint density at radius 3 is 2.50 bits per heavy atom. The first-order valence-electron chi connectivity index (χ1n) is 10.9. The van der Waals surface area contributed by atoms with Crippen molar-refractivity contribution in [3.8, 4) is 11.5 Å². The summed E-state index contributed by atoms with van der Waals surface area (Å²) in [4.78, 5) is 17.1. The fourth-order valence-electron chi connectivity index (χ4n) is 3.34. The maximum atomic E-state index is 13.5. The van der Waals surface area contributed by atoms with Crippen LogP contribution in [0.5, 0.6) is 11.5 Å². The predicted octanol–water partition coefficient (Wildman–Crippen LogP) is 8.13. The van der Waals surface area contributed by atoms with Gasteiger partial charge in [-0.15, -0.1) is 0 Å². The zero-order valence-electron chi connectivity index (χ0n) is 18.6. The normalized spacial score (nSPS) is 13.9. The second-order valence-electron chi connectivity index (χ2n) is 8.04. The summed E-state index contributed by atoms with van der Waals surface area (Å²) in [6.07, 6.45) is 3.95. The Kier molecular flexibility index (Phi) is 8.87. The molecule has 11 heteroatoms. The molecule has 190 valence electrons. The average molecular weight is 558 g/mol. The van der Waals surface area contributed by atoms with Crippen LogP contribution in [-0.4, -0.2) is 23.5 Å². The van der Waals surface area contributed by atoms with Gasteiger partial charge in [0.2, 0.25) is 0 Å². The van der Waals surface area contributed by atoms with E-state index in [-0.39, 0.29) is 28.0 Å². The van der Waals surface area contributed by atoms with Crippen LogP contribution in [0.25, 0.3) is 0 Å². The van der Waals surface area contributed by atoms with Crippen LogP contribution in [0.1, 0.15) is 30.1 Å². The third kappa shape index (κ3) is 7.44. The molecule has 4 rings (SSSR count). The van der Waals surface area contributed by atoms with Gasteiger partial charge in [0.25, 0.3) is 0 Å². The van der Waals surface area contributed by atoms with Crippen LogP contribution in [0, 0.1) is 11.7 Å². The van der Waals surface area contributed by atoms with E-state index in [1.807, 2.05) is 0 Å². The van der Waals surface area contributed by atoms with Crippen LogP contribution < -0.4 is 9.47 Å². The number of rotatable bonds is 10. The number of benzene rings is 2. The van der Waals surface area contributed by atoms with Crippen molar-refractivity contribution in [3.05, 3.63) is 81.8 Å². The smallest absolute Gasteiger partial charge is 0.387 e. The van der Waals surface area contributed by atoms with Crippen LogP contribution in [0.15, 0.2) is 59.8 Å². The molecule has 0 saturated heterocycles. The monoisotopic (exact) mass is 557 g/mol.